The van der Waals surface area contributed by atoms with Crippen LogP contribution < -0.4 is 15.4 Å². The van der Waals surface area contributed by atoms with E-state index in [0.29, 0.717) is 51.5 Å². The number of carbonyl (C=O) groups excluding carboxylic acids is 2. The number of ether oxygens (including phenoxy) is 1. The molecule has 0 atom stereocenters. The minimum atomic E-state index is -0.427. The summed E-state index contributed by atoms with van der Waals surface area (Å²) in [4.78, 5) is 37.8. The maximum atomic E-state index is 13.0. The van der Waals surface area contributed by atoms with E-state index in [9.17, 15) is 9.59 Å². The Morgan fingerprint density at radius 1 is 1.20 bits per heavy atom. The molecular weight excluding hydrogens is 486 g/mol. The fraction of sp³-hybridized carbons (Fsp3) is 0.200. The first-order valence-electron chi connectivity index (χ1n) is 11.0. The van der Waals surface area contributed by atoms with E-state index < -0.39 is 5.91 Å². The van der Waals surface area contributed by atoms with Gasteiger partial charge in [0.05, 0.1) is 22.4 Å². The Morgan fingerprint density at radius 2 is 2.00 bits per heavy atom. The predicted molar refractivity (Wildman–Crippen MR) is 138 cm³/mol. The summed E-state index contributed by atoms with van der Waals surface area (Å²) < 4.78 is 5.23. The van der Waals surface area contributed by atoms with Gasteiger partial charge in [-0.25, -0.2) is 9.97 Å². The lowest BCUT2D eigenvalue weighted by Crippen LogP contribution is -2.33. The van der Waals surface area contributed by atoms with Crippen molar-refractivity contribution in [3.63, 3.8) is 0 Å². The molecule has 0 aliphatic carbocycles. The number of hydrogen-bond donors (Lipinski definition) is 2. The van der Waals surface area contributed by atoms with Crippen molar-refractivity contribution in [1.29, 1.82) is 0 Å². The molecule has 0 radical (unpaired) electrons. The Kier molecular flexibility index (Phi) is 6.27. The summed E-state index contributed by atoms with van der Waals surface area (Å²) in [7, 11) is 3.35. The number of methoxy groups -OCH3 is 1. The van der Waals surface area contributed by atoms with Crippen LogP contribution in [-0.4, -0.2) is 47.4 Å². The number of fused-ring (bicyclic) bond motifs is 3. The van der Waals surface area contributed by atoms with Crippen molar-refractivity contribution in [3.05, 3.63) is 75.4 Å². The molecule has 2 N–H and O–H groups in total. The maximum absolute atomic E-state index is 13.0. The number of amides is 2. The summed E-state index contributed by atoms with van der Waals surface area (Å²) in [5.74, 6) is 0.654. The molecular formula is C25H22ClN5O3S. The van der Waals surface area contributed by atoms with Gasteiger partial charge in [0.15, 0.2) is 0 Å². The molecule has 0 saturated carbocycles. The Morgan fingerprint density at radius 3 is 2.74 bits per heavy atom. The second-order valence-corrected chi connectivity index (χ2v) is 9.51. The summed E-state index contributed by atoms with van der Waals surface area (Å²) in [5, 5.41) is 7.45. The van der Waals surface area contributed by atoms with Gasteiger partial charge in [-0.1, -0.05) is 35.9 Å². The summed E-state index contributed by atoms with van der Waals surface area (Å²) in [5.41, 5.74) is 2.47. The van der Waals surface area contributed by atoms with Crippen molar-refractivity contribution in [3.8, 4) is 5.75 Å². The van der Waals surface area contributed by atoms with Crippen LogP contribution in [-0.2, 0) is 13.0 Å². The van der Waals surface area contributed by atoms with E-state index in [4.69, 9.17) is 16.3 Å². The van der Waals surface area contributed by atoms with E-state index in [-0.39, 0.29) is 11.7 Å². The number of thiophene rings is 1. The van der Waals surface area contributed by atoms with Gasteiger partial charge in [-0.15, -0.1) is 11.3 Å². The zero-order valence-electron chi connectivity index (χ0n) is 19.1. The van der Waals surface area contributed by atoms with Gasteiger partial charge in [0.1, 0.15) is 16.4 Å². The minimum absolute atomic E-state index is 0.0241. The molecule has 35 heavy (non-hydrogen) atoms. The van der Waals surface area contributed by atoms with E-state index in [2.05, 4.69) is 20.6 Å². The zero-order chi connectivity index (χ0) is 24.5. The summed E-state index contributed by atoms with van der Waals surface area (Å²) in [6.45, 7) is 1.02. The Hall–Kier alpha value is -3.69. The standard InChI is InChI=1S/C25H22ClN5O3S/c1-31-11-10-16-19-21(27-13-14-8-9-18(34-2)17(26)12-14)29-22(30-24(19)35-20(16)25(31)33)23(32)28-15-6-4-3-5-7-15/h3-9,12H,10-11,13H2,1-2H3,(H,28,32)(H,27,29,30). The van der Waals surface area contributed by atoms with Gasteiger partial charge >= 0.3 is 0 Å². The summed E-state index contributed by atoms with van der Waals surface area (Å²) in [6.07, 6.45) is 0.694. The molecule has 2 aromatic heterocycles. The van der Waals surface area contributed by atoms with Crippen LogP contribution in [0.3, 0.4) is 0 Å². The van der Waals surface area contributed by atoms with E-state index in [1.165, 1.54) is 11.3 Å². The highest BCUT2D eigenvalue weighted by atomic mass is 35.5. The third kappa shape index (κ3) is 4.52. The van der Waals surface area contributed by atoms with Crippen molar-refractivity contribution in [1.82, 2.24) is 14.9 Å². The molecule has 2 amide bonds. The number of para-hydroxylation sites is 1. The lowest BCUT2D eigenvalue weighted by atomic mass is 10.0. The van der Waals surface area contributed by atoms with Crippen LogP contribution in [0, 0.1) is 0 Å². The number of nitrogens with one attached hydrogen (secondary N) is 2. The number of benzene rings is 2. The number of likely N-dealkylation sites (N-methyl/N-ethyl adjacent to an activating group) is 1. The van der Waals surface area contributed by atoms with Crippen LogP contribution in [0.1, 0.15) is 31.4 Å². The molecule has 2 aromatic carbocycles. The number of carbonyl (C=O) groups is 2. The third-order valence-corrected chi connectivity index (χ3v) is 7.21. The number of rotatable bonds is 6. The van der Waals surface area contributed by atoms with Crippen molar-refractivity contribution in [2.45, 2.75) is 13.0 Å². The normalized spacial score (nSPS) is 13.0. The van der Waals surface area contributed by atoms with Crippen molar-refractivity contribution < 1.29 is 14.3 Å². The molecule has 178 valence electrons. The molecule has 0 fully saturated rings. The second kappa shape index (κ2) is 9.52. The largest absolute Gasteiger partial charge is 0.495 e. The van der Waals surface area contributed by atoms with E-state index in [1.54, 1.807) is 37.3 Å². The molecule has 5 rings (SSSR count). The maximum Gasteiger partial charge on any atom is 0.293 e. The van der Waals surface area contributed by atoms with Gasteiger partial charge in [-0.2, -0.15) is 0 Å². The SMILES string of the molecule is COc1ccc(CNc2nc(C(=O)Nc3ccccc3)nc3sc4c(c23)CCN(C)C4=O)cc1Cl. The Labute approximate surface area is 210 Å². The Bertz CT molecular complexity index is 1440. The zero-order valence-corrected chi connectivity index (χ0v) is 20.7. The first-order chi connectivity index (χ1) is 16.9. The number of nitrogens with zero attached hydrogens (tertiary/aromatic N) is 3. The first-order valence-corrected chi connectivity index (χ1v) is 12.2. The molecule has 8 nitrogen and oxygen atoms in total. The van der Waals surface area contributed by atoms with Crippen LogP contribution in [0.2, 0.25) is 5.02 Å². The fourth-order valence-electron chi connectivity index (χ4n) is 3.97. The van der Waals surface area contributed by atoms with Crippen LogP contribution in [0.4, 0.5) is 11.5 Å². The molecule has 3 heterocycles. The van der Waals surface area contributed by atoms with E-state index in [0.717, 1.165) is 16.5 Å². The summed E-state index contributed by atoms with van der Waals surface area (Å²) in [6, 6.07) is 14.6. The van der Waals surface area contributed by atoms with Crippen molar-refractivity contribution in [2.24, 2.45) is 0 Å². The molecule has 1 aliphatic heterocycles. The third-order valence-electron chi connectivity index (χ3n) is 5.80. The van der Waals surface area contributed by atoms with Gasteiger partial charge < -0.3 is 20.3 Å². The van der Waals surface area contributed by atoms with Crippen LogP contribution in [0.5, 0.6) is 5.75 Å². The van der Waals surface area contributed by atoms with Crippen molar-refractivity contribution >= 4 is 56.5 Å². The molecule has 0 unspecified atom stereocenters. The molecule has 0 spiro atoms. The Balaban J connectivity index is 1.54. The van der Waals surface area contributed by atoms with Gasteiger partial charge in [-0.05, 0) is 41.8 Å². The van der Waals surface area contributed by atoms with Gasteiger partial charge in [-0.3, -0.25) is 9.59 Å². The first kappa shape index (κ1) is 23.1. The highest BCUT2D eigenvalue weighted by Gasteiger charge is 2.29. The number of aromatic nitrogens is 2. The smallest absolute Gasteiger partial charge is 0.293 e. The molecule has 4 aromatic rings. The molecule has 0 bridgehead atoms. The number of hydrogen-bond acceptors (Lipinski definition) is 7. The van der Waals surface area contributed by atoms with E-state index >= 15 is 0 Å². The van der Waals surface area contributed by atoms with Gasteiger partial charge in [0.2, 0.25) is 5.82 Å². The molecule has 0 saturated heterocycles. The quantitative estimate of drug-likeness (QED) is 0.387. The van der Waals surface area contributed by atoms with E-state index in [1.807, 2.05) is 30.3 Å². The lowest BCUT2D eigenvalue weighted by molar-refractivity contribution is 0.0786. The van der Waals surface area contributed by atoms with Crippen LogP contribution >= 0.6 is 22.9 Å². The highest BCUT2D eigenvalue weighted by Crippen LogP contribution is 2.38. The molecule has 1 aliphatic rings. The van der Waals surface area contributed by atoms with Crippen molar-refractivity contribution in [2.75, 3.05) is 31.3 Å². The van der Waals surface area contributed by atoms with Gasteiger partial charge in [0.25, 0.3) is 11.8 Å². The number of halogens is 1. The van der Waals surface area contributed by atoms with Crippen LogP contribution in [0.25, 0.3) is 10.2 Å². The predicted octanol–water partition coefficient (Wildman–Crippen LogP) is 4.85. The molecule has 10 heteroatoms. The monoisotopic (exact) mass is 507 g/mol. The highest BCUT2D eigenvalue weighted by molar-refractivity contribution is 7.20. The minimum Gasteiger partial charge on any atom is -0.495 e. The summed E-state index contributed by atoms with van der Waals surface area (Å²) >= 11 is 7.58. The van der Waals surface area contributed by atoms with Crippen LogP contribution in [0.15, 0.2) is 48.5 Å². The topological polar surface area (TPSA) is 96.4 Å². The fourth-order valence-corrected chi connectivity index (χ4v) is 5.47. The second-order valence-electron chi connectivity index (χ2n) is 8.11. The van der Waals surface area contributed by atoms with Gasteiger partial charge in [0, 0.05) is 25.8 Å². The average molecular weight is 508 g/mol. The number of anilines is 2. The average Bonchev–Trinajstić information content (AvgIpc) is 3.25. The lowest BCUT2D eigenvalue weighted by Gasteiger charge is -2.22.